The topological polar surface area (TPSA) is 59.0 Å². The Kier molecular flexibility index (Phi) is 5.50. The van der Waals surface area contributed by atoms with Gasteiger partial charge in [-0.3, -0.25) is 4.68 Å². The van der Waals surface area contributed by atoms with E-state index >= 15 is 0 Å². The van der Waals surface area contributed by atoms with Gasteiger partial charge < -0.3 is 10.6 Å². The number of rotatable bonds is 5. The molecule has 3 rings (SSSR count). The van der Waals surface area contributed by atoms with Crippen molar-refractivity contribution in [1.82, 2.24) is 15.1 Å². The van der Waals surface area contributed by atoms with Crippen LogP contribution in [0.5, 0.6) is 0 Å². The van der Waals surface area contributed by atoms with Crippen LogP contribution in [0.3, 0.4) is 0 Å². The average molecular weight is 394 g/mol. The third kappa shape index (κ3) is 4.88. The van der Waals surface area contributed by atoms with Gasteiger partial charge in [-0.25, -0.2) is 4.79 Å². The molecule has 0 aliphatic carbocycles. The standard InChI is InChI=1S/C18H17F3N4OS/c1-12-10-15(16-6-3-9-27-16)24-25(12)8-7-22-17(26)23-14-5-2-4-13(11-14)18(19,20)21/h2-6,9-11H,7-8H2,1H3,(H2,22,23,26). The molecule has 0 unspecified atom stereocenters. The molecule has 0 radical (unpaired) electrons. The van der Waals surface area contributed by atoms with Gasteiger partial charge in [0.25, 0.3) is 0 Å². The summed E-state index contributed by atoms with van der Waals surface area (Å²) in [5, 5.41) is 11.5. The van der Waals surface area contributed by atoms with E-state index in [-0.39, 0.29) is 12.2 Å². The molecule has 0 fully saturated rings. The number of thiophene rings is 1. The SMILES string of the molecule is Cc1cc(-c2cccs2)nn1CCNC(=O)Nc1cccc(C(F)(F)F)c1. The minimum Gasteiger partial charge on any atom is -0.336 e. The number of nitrogens with one attached hydrogen (secondary N) is 2. The second kappa shape index (κ2) is 7.83. The average Bonchev–Trinajstić information content (AvgIpc) is 3.24. The molecule has 2 aromatic heterocycles. The van der Waals surface area contributed by atoms with Crippen molar-refractivity contribution in [2.24, 2.45) is 0 Å². The number of benzene rings is 1. The van der Waals surface area contributed by atoms with Crippen LogP contribution in [0.2, 0.25) is 0 Å². The number of aromatic nitrogens is 2. The maximum absolute atomic E-state index is 12.7. The highest BCUT2D eigenvalue weighted by atomic mass is 32.1. The van der Waals surface area contributed by atoms with E-state index in [1.165, 1.54) is 12.1 Å². The largest absolute Gasteiger partial charge is 0.416 e. The number of amides is 2. The molecule has 142 valence electrons. The molecule has 0 aliphatic heterocycles. The monoisotopic (exact) mass is 394 g/mol. The number of aryl methyl sites for hydroxylation is 1. The van der Waals surface area contributed by atoms with E-state index < -0.39 is 17.8 Å². The highest BCUT2D eigenvalue weighted by Gasteiger charge is 2.30. The highest BCUT2D eigenvalue weighted by molar-refractivity contribution is 7.13. The number of nitrogens with zero attached hydrogens (tertiary/aromatic N) is 2. The van der Waals surface area contributed by atoms with Crippen LogP contribution in [0.1, 0.15) is 11.3 Å². The Morgan fingerprint density at radius 3 is 2.74 bits per heavy atom. The first-order chi connectivity index (χ1) is 12.8. The van der Waals surface area contributed by atoms with Crippen LogP contribution >= 0.6 is 11.3 Å². The second-order valence-corrected chi connectivity index (χ2v) is 6.78. The lowest BCUT2D eigenvalue weighted by molar-refractivity contribution is -0.137. The van der Waals surface area contributed by atoms with Crippen molar-refractivity contribution in [3.8, 4) is 10.6 Å². The van der Waals surface area contributed by atoms with E-state index in [0.29, 0.717) is 6.54 Å². The molecule has 2 N–H and O–H groups in total. The molecule has 2 heterocycles. The van der Waals surface area contributed by atoms with E-state index in [9.17, 15) is 18.0 Å². The highest BCUT2D eigenvalue weighted by Crippen LogP contribution is 2.30. The molecule has 0 saturated carbocycles. The molecule has 3 aromatic rings. The van der Waals surface area contributed by atoms with E-state index in [1.54, 1.807) is 16.0 Å². The third-order valence-corrected chi connectivity index (χ3v) is 4.70. The fraction of sp³-hybridized carbons (Fsp3) is 0.222. The summed E-state index contributed by atoms with van der Waals surface area (Å²) in [5.41, 5.74) is 1.10. The van der Waals surface area contributed by atoms with Crippen LogP contribution in [0, 0.1) is 6.92 Å². The van der Waals surface area contributed by atoms with Crippen LogP contribution in [-0.4, -0.2) is 22.4 Å². The Balaban J connectivity index is 1.53. The van der Waals surface area contributed by atoms with Crippen LogP contribution in [0.25, 0.3) is 10.6 Å². The van der Waals surface area contributed by atoms with E-state index in [1.807, 2.05) is 30.5 Å². The summed E-state index contributed by atoms with van der Waals surface area (Å²) in [6.45, 7) is 2.66. The molecular formula is C18H17F3N4OS. The van der Waals surface area contributed by atoms with Crippen LogP contribution in [0.15, 0.2) is 47.8 Å². The first-order valence-electron chi connectivity index (χ1n) is 8.13. The van der Waals surface area contributed by atoms with E-state index in [0.717, 1.165) is 28.4 Å². The fourth-order valence-electron chi connectivity index (χ4n) is 2.51. The quantitative estimate of drug-likeness (QED) is 0.655. The van der Waals surface area contributed by atoms with Crippen molar-refractivity contribution in [3.05, 3.63) is 59.1 Å². The number of urea groups is 1. The summed E-state index contributed by atoms with van der Waals surface area (Å²) in [6.07, 6.45) is -4.45. The summed E-state index contributed by atoms with van der Waals surface area (Å²) in [4.78, 5) is 13.0. The second-order valence-electron chi connectivity index (χ2n) is 5.83. The molecule has 0 atom stereocenters. The number of alkyl halides is 3. The molecule has 0 aliphatic rings. The summed E-state index contributed by atoms with van der Waals surface area (Å²) in [5.74, 6) is 0. The zero-order valence-electron chi connectivity index (χ0n) is 14.4. The van der Waals surface area contributed by atoms with Crippen molar-refractivity contribution in [3.63, 3.8) is 0 Å². The summed E-state index contributed by atoms with van der Waals surface area (Å²) >= 11 is 1.60. The molecular weight excluding hydrogens is 377 g/mol. The molecule has 9 heteroatoms. The zero-order chi connectivity index (χ0) is 19.4. The molecule has 1 aromatic carbocycles. The van der Waals surface area contributed by atoms with Gasteiger partial charge in [-0.15, -0.1) is 11.3 Å². The van der Waals surface area contributed by atoms with Crippen LogP contribution in [0.4, 0.5) is 23.7 Å². The Morgan fingerprint density at radius 2 is 2.04 bits per heavy atom. The van der Waals surface area contributed by atoms with Gasteiger partial charge in [0.2, 0.25) is 0 Å². The Bertz CT molecular complexity index is 919. The lowest BCUT2D eigenvalue weighted by Crippen LogP contribution is -2.31. The normalized spacial score (nSPS) is 11.4. The van der Waals surface area contributed by atoms with Gasteiger partial charge in [-0.05, 0) is 42.6 Å². The van der Waals surface area contributed by atoms with Crippen LogP contribution in [-0.2, 0) is 12.7 Å². The summed E-state index contributed by atoms with van der Waals surface area (Å²) in [6, 6.07) is 9.83. The predicted octanol–water partition coefficient (Wildman–Crippen LogP) is 4.76. The van der Waals surface area contributed by atoms with Gasteiger partial charge in [0.1, 0.15) is 5.69 Å². The van der Waals surface area contributed by atoms with E-state index in [2.05, 4.69) is 15.7 Å². The molecule has 27 heavy (non-hydrogen) atoms. The maximum Gasteiger partial charge on any atom is 0.416 e. The Labute approximate surface area is 157 Å². The lowest BCUT2D eigenvalue weighted by Gasteiger charge is -2.11. The van der Waals surface area contributed by atoms with Gasteiger partial charge in [-0.1, -0.05) is 12.1 Å². The predicted molar refractivity (Wildman–Crippen MR) is 98.7 cm³/mol. The molecule has 0 bridgehead atoms. The number of hydrogen-bond donors (Lipinski definition) is 2. The Hall–Kier alpha value is -2.81. The lowest BCUT2D eigenvalue weighted by atomic mass is 10.2. The van der Waals surface area contributed by atoms with Gasteiger partial charge >= 0.3 is 12.2 Å². The van der Waals surface area contributed by atoms with Crippen LogP contribution < -0.4 is 10.6 Å². The fourth-order valence-corrected chi connectivity index (χ4v) is 3.19. The zero-order valence-corrected chi connectivity index (χ0v) is 15.2. The Morgan fingerprint density at radius 1 is 1.22 bits per heavy atom. The minimum absolute atomic E-state index is 0.0811. The van der Waals surface area contributed by atoms with E-state index in [4.69, 9.17) is 0 Å². The number of carbonyl (C=O) groups excluding carboxylic acids is 1. The summed E-state index contributed by atoms with van der Waals surface area (Å²) < 4.78 is 39.9. The van der Waals surface area contributed by atoms with Crippen molar-refractivity contribution < 1.29 is 18.0 Å². The van der Waals surface area contributed by atoms with Gasteiger partial charge in [-0.2, -0.15) is 18.3 Å². The molecule has 2 amide bonds. The molecule has 0 spiro atoms. The van der Waals surface area contributed by atoms with Crippen molar-refractivity contribution >= 4 is 23.1 Å². The van der Waals surface area contributed by atoms with Crippen molar-refractivity contribution in [1.29, 1.82) is 0 Å². The number of halogens is 3. The van der Waals surface area contributed by atoms with Crippen molar-refractivity contribution in [2.75, 3.05) is 11.9 Å². The maximum atomic E-state index is 12.7. The van der Waals surface area contributed by atoms with Gasteiger partial charge in [0.05, 0.1) is 17.0 Å². The third-order valence-electron chi connectivity index (χ3n) is 3.81. The minimum atomic E-state index is -4.45. The number of hydrogen-bond acceptors (Lipinski definition) is 3. The molecule has 0 saturated heterocycles. The first kappa shape index (κ1) is 19.0. The van der Waals surface area contributed by atoms with Crippen molar-refractivity contribution in [2.45, 2.75) is 19.6 Å². The molecule has 5 nitrogen and oxygen atoms in total. The summed E-state index contributed by atoms with van der Waals surface area (Å²) in [7, 11) is 0. The van der Waals surface area contributed by atoms with Gasteiger partial charge in [0.15, 0.2) is 0 Å². The number of anilines is 1. The van der Waals surface area contributed by atoms with Gasteiger partial charge in [0, 0.05) is 17.9 Å². The smallest absolute Gasteiger partial charge is 0.336 e. The first-order valence-corrected chi connectivity index (χ1v) is 9.01. The number of carbonyl (C=O) groups is 1.